The van der Waals surface area contributed by atoms with Crippen molar-refractivity contribution in [3.8, 4) is 0 Å². The third-order valence-corrected chi connectivity index (χ3v) is 0. The Balaban J connectivity index is -0.00000000340. The van der Waals surface area contributed by atoms with Crippen LogP contribution >= 0.6 is 0 Å². The monoisotopic (exact) mass is 484 g/mol. The van der Waals surface area contributed by atoms with E-state index in [1.807, 2.05) is 0 Å². The van der Waals surface area contributed by atoms with E-state index in [4.69, 9.17) is 24.5 Å². The van der Waals surface area contributed by atoms with E-state index < -0.39 is 33.9 Å². The van der Waals surface area contributed by atoms with Gasteiger partial charge in [-0.2, -0.15) is 0 Å². The molecule has 0 rings (SSSR count). The molecule has 0 aromatic carbocycles. The molecule has 19 heavy (non-hydrogen) atoms. The molecule has 0 saturated carbocycles. The van der Waals surface area contributed by atoms with Crippen molar-refractivity contribution in [2.24, 2.45) is 0 Å². The predicted octanol–water partition coefficient (Wildman–Crippen LogP) is -4.04. The molecule has 0 saturated heterocycles. The summed E-state index contributed by atoms with van der Waals surface area (Å²) in [6.07, 6.45) is 0. The molecule has 0 heterocycles. The normalized spacial score (nSPS) is 4.32. The fourth-order valence-electron chi connectivity index (χ4n) is 0. The summed E-state index contributed by atoms with van der Waals surface area (Å²) in [5.74, 6) is 0. The van der Waals surface area contributed by atoms with Gasteiger partial charge in [-0.15, -0.1) is 0 Å². The summed E-state index contributed by atoms with van der Waals surface area (Å²) >= 11 is -9.63. The first-order valence-electron chi connectivity index (χ1n) is 1.20. The molecule has 0 spiro atoms. The van der Waals surface area contributed by atoms with Crippen molar-refractivity contribution < 1.29 is 80.4 Å². The third-order valence-electron chi connectivity index (χ3n) is 0. The first-order chi connectivity index (χ1) is 3.73. The summed E-state index contributed by atoms with van der Waals surface area (Å²) in [6, 6.07) is 0. The molecule has 0 unspecified atom stereocenters. The SMILES string of the molecule is N.N.N.N.N.N.O.O.O.O.[O]=[Mo](=[O])([OH])[OH].[O]=[Mo](=[O])=[O]. The van der Waals surface area contributed by atoms with E-state index in [-0.39, 0.29) is 58.8 Å². The molecule has 0 aliphatic carbocycles. The van der Waals surface area contributed by atoms with Gasteiger partial charge in [-0.3, -0.25) is 0 Å². The summed E-state index contributed by atoms with van der Waals surface area (Å²) in [5, 5.41) is 0. The van der Waals surface area contributed by atoms with Crippen LogP contribution in [0, 0.1) is 0 Å². The first kappa shape index (κ1) is 127. The molecule has 0 fully saturated rings. The van der Waals surface area contributed by atoms with Crippen LogP contribution in [-0.2, 0) is 50.9 Å². The Labute approximate surface area is 117 Å². The van der Waals surface area contributed by atoms with Gasteiger partial charge in [0.2, 0.25) is 0 Å². The fraction of sp³-hybridized carbons (Fsp3) is 0. The molecule has 0 aromatic heterocycles. The second kappa shape index (κ2) is 64.6. The minimum absolute atomic E-state index is 0. The van der Waals surface area contributed by atoms with Crippen LogP contribution in [0.4, 0.5) is 0 Å². The Morgan fingerprint density at radius 3 is 0.579 bits per heavy atom. The molecular formula is H28Mo2N6O11. The Morgan fingerprint density at radius 1 is 0.579 bits per heavy atom. The van der Waals surface area contributed by atoms with Crippen LogP contribution in [-0.4, -0.2) is 29.4 Å². The average molecular weight is 480 g/mol. The van der Waals surface area contributed by atoms with Crippen LogP contribution in [0.2, 0.25) is 0 Å². The van der Waals surface area contributed by atoms with Crippen molar-refractivity contribution in [3.63, 3.8) is 0 Å². The predicted molar refractivity (Wildman–Crippen MR) is 52.5 cm³/mol. The molecule has 0 amide bonds. The molecule has 0 atom stereocenters. The molecule has 28 N–H and O–H groups in total. The Kier molecular flexibility index (Phi) is 432. The van der Waals surface area contributed by atoms with Crippen molar-refractivity contribution >= 4 is 0 Å². The zero-order chi connectivity index (χ0) is 8.08. The van der Waals surface area contributed by atoms with E-state index in [1.165, 1.54) is 0 Å². The van der Waals surface area contributed by atoms with Crippen LogP contribution in [0.1, 0.15) is 0 Å². The quantitative estimate of drug-likeness (QED) is 0.153. The summed E-state index contributed by atoms with van der Waals surface area (Å²) in [7, 11) is 0. The fourth-order valence-corrected chi connectivity index (χ4v) is 0. The summed E-state index contributed by atoms with van der Waals surface area (Å²) in [6.45, 7) is 0. The van der Waals surface area contributed by atoms with Crippen molar-refractivity contribution in [2.75, 3.05) is 0 Å². The standard InChI is InChI=1S/2Mo.6H3N.6H2O.5O/h;;6*1H3;6*1H2;;;;;/q;+2;;;;;;;;;;;;;;;;;/p-2. The molecule has 17 nitrogen and oxygen atoms in total. The average Bonchev–Trinajstić information content (AvgIpc) is 1.19. The zero-order valence-corrected chi connectivity index (χ0v) is 14.0. The molecular weight excluding hydrogens is 452 g/mol. The maximum absolute atomic E-state index is 8.85. The molecule has 0 aliphatic heterocycles. The first-order valence-corrected chi connectivity index (χ1v) is 7.09. The molecule has 0 aliphatic rings. The van der Waals surface area contributed by atoms with Crippen LogP contribution in [0.25, 0.3) is 0 Å². The van der Waals surface area contributed by atoms with Gasteiger partial charge in [0.1, 0.15) is 0 Å². The van der Waals surface area contributed by atoms with E-state index in [0.29, 0.717) is 0 Å². The van der Waals surface area contributed by atoms with E-state index in [1.54, 1.807) is 0 Å². The summed E-state index contributed by atoms with van der Waals surface area (Å²) < 4.78 is 57.8. The van der Waals surface area contributed by atoms with E-state index in [0.717, 1.165) is 0 Å². The van der Waals surface area contributed by atoms with E-state index in [9.17, 15) is 0 Å². The molecule has 19 heteroatoms. The van der Waals surface area contributed by atoms with E-state index >= 15 is 0 Å². The summed E-state index contributed by atoms with van der Waals surface area (Å²) in [4.78, 5) is 0. The van der Waals surface area contributed by atoms with Gasteiger partial charge in [0, 0.05) is 0 Å². The van der Waals surface area contributed by atoms with Crippen LogP contribution in [0.3, 0.4) is 0 Å². The molecule has 0 aromatic rings. The zero-order valence-electron chi connectivity index (χ0n) is 9.99. The topological polar surface area (TPSA) is 462 Å². The van der Waals surface area contributed by atoms with Crippen LogP contribution < -0.4 is 36.9 Å². The van der Waals surface area contributed by atoms with Gasteiger partial charge in [0.25, 0.3) is 0 Å². The number of hydrogen-bond acceptors (Lipinski definition) is 11. The third kappa shape index (κ3) is 423000. The second-order valence-corrected chi connectivity index (χ2v) is 3.86. The van der Waals surface area contributed by atoms with Crippen molar-refractivity contribution in [2.45, 2.75) is 0 Å². The van der Waals surface area contributed by atoms with Gasteiger partial charge in [0.15, 0.2) is 0 Å². The van der Waals surface area contributed by atoms with E-state index in [2.05, 4.69) is 0 Å². The number of rotatable bonds is 0. The van der Waals surface area contributed by atoms with Gasteiger partial charge >= 0.3 is 58.5 Å². The summed E-state index contributed by atoms with van der Waals surface area (Å²) in [5.41, 5.74) is 0. The second-order valence-electron chi connectivity index (χ2n) is 0.652. The van der Waals surface area contributed by atoms with Crippen LogP contribution in [0.15, 0.2) is 0 Å². The van der Waals surface area contributed by atoms with Gasteiger partial charge in [-0.05, 0) is 0 Å². The number of hydrogen-bond donors (Lipinski definition) is 8. The molecule has 0 bridgehead atoms. The van der Waals surface area contributed by atoms with Crippen molar-refractivity contribution in [1.82, 2.24) is 36.9 Å². The Bertz CT molecular complexity index is 238. The molecule has 136 valence electrons. The van der Waals surface area contributed by atoms with Gasteiger partial charge in [0.05, 0.1) is 0 Å². The van der Waals surface area contributed by atoms with Crippen molar-refractivity contribution in [3.05, 3.63) is 0 Å². The minimum atomic E-state index is -5.52. The van der Waals surface area contributed by atoms with Gasteiger partial charge in [-0.25, -0.2) is 0 Å². The molecule has 0 radical (unpaired) electrons. The maximum atomic E-state index is 8.85. The van der Waals surface area contributed by atoms with Gasteiger partial charge in [-0.1, -0.05) is 0 Å². The Hall–Kier alpha value is -0.103. The van der Waals surface area contributed by atoms with Gasteiger partial charge < -0.3 is 58.8 Å². The van der Waals surface area contributed by atoms with Crippen LogP contribution in [0.5, 0.6) is 0 Å². The van der Waals surface area contributed by atoms with Crippen molar-refractivity contribution in [1.29, 1.82) is 0 Å². The Morgan fingerprint density at radius 2 is 0.579 bits per heavy atom.